The maximum absolute atomic E-state index is 11.1. The SMILES string of the molecule is CS(=O)(=O)NCCn1c(CCl)nc2c(C#N)cccc21. The molecular formula is C12H13ClN4O2S. The third-order valence-corrected chi connectivity index (χ3v) is 3.77. The normalized spacial score (nSPS) is 11.7. The molecule has 0 spiro atoms. The van der Waals surface area contributed by atoms with Crippen LogP contribution in [-0.2, 0) is 22.4 Å². The maximum atomic E-state index is 11.1. The largest absolute Gasteiger partial charge is 0.326 e. The minimum absolute atomic E-state index is 0.193. The Balaban J connectivity index is 2.39. The van der Waals surface area contributed by atoms with Crippen molar-refractivity contribution >= 4 is 32.7 Å². The van der Waals surface area contributed by atoms with Gasteiger partial charge in [0.1, 0.15) is 17.4 Å². The van der Waals surface area contributed by atoms with Gasteiger partial charge in [-0.25, -0.2) is 18.1 Å². The van der Waals surface area contributed by atoms with Crippen molar-refractivity contribution in [1.29, 1.82) is 5.26 Å². The summed E-state index contributed by atoms with van der Waals surface area (Å²) in [5.41, 5.74) is 1.84. The predicted octanol–water partition coefficient (Wildman–Crippen LogP) is 1.20. The molecular weight excluding hydrogens is 300 g/mol. The van der Waals surface area contributed by atoms with E-state index in [1.807, 2.05) is 10.6 Å². The Hall–Kier alpha value is -1.62. The van der Waals surface area contributed by atoms with Gasteiger partial charge in [-0.2, -0.15) is 5.26 Å². The number of alkyl halides is 1. The van der Waals surface area contributed by atoms with Gasteiger partial charge in [-0.05, 0) is 12.1 Å². The van der Waals surface area contributed by atoms with Gasteiger partial charge in [0.05, 0.1) is 23.2 Å². The Morgan fingerprint density at radius 2 is 2.25 bits per heavy atom. The second-order valence-electron chi connectivity index (χ2n) is 4.26. The van der Waals surface area contributed by atoms with Crippen molar-refractivity contribution in [2.24, 2.45) is 0 Å². The third-order valence-electron chi connectivity index (χ3n) is 2.80. The number of nitrogens with one attached hydrogen (secondary N) is 1. The van der Waals surface area contributed by atoms with E-state index in [0.717, 1.165) is 11.8 Å². The highest BCUT2D eigenvalue weighted by molar-refractivity contribution is 7.88. The molecule has 1 heterocycles. The quantitative estimate of drug-likeness (QED) is 0.840. The van der Waals surface area contributed by atoms with Crippen LogP contribution in [-0.4, -0.2) is 30.8 Å². The van der Waals surface area contributed by atoms with E-state index in [0.29, 0.717) is 23.4 Å². The molecule has 0 aliphatic rings. The van der Waals surface area contributed by atoms with E-state index in [2.05, 4.69) is 15.8 Å². The maximum Gasteiger partial charge on any atom is 0.208 e. The van der Waals surface area contributed by atoms with Crippen LogP contribution in [0.2, 0.25) is 0 Å². The Labute approximate surface area is 122 Å². The van der Waals surface area contributed by atoms with Crippen molar-refractivity contribution in [2.45, 2.75) is 12.4 Å². The van der Waals surface area contributed by atoms with Crippen LogP contribution >= 0.6 is 11.6 Å². The molecule has 20 heavy (non-hydrogen) atoms. The van der Waals surface area contributed by atoms with Crippen molar-refractivity contribution in [3.63, 3.8) is 0 Å². The summed E-state index contributed by atoms with van der Waals surface area (Å²) in [7, 11) is -3.23. The Kier molecular flexibility index (Phi) is 4.28. The average Bonchev–Trinajstić information content (AvgIpc) is 2.75. The first kappa shape index (κ1) is 14.8. The Morgan fingerprint density at radius 1 is 1.50 bits per heavy atom. The number of nitriles is 1. The van der Waals surface area contributed by atoms with Crippen molar-refractivity contribution < 1.29 is 8.42 Å². The molecule has 2 aromatic rings. The van der Waals surface area contributed by atoms with Gasteiger partial charge < -0.3 is 4.57 Å². The molecule has 1 N–H and O–H groups in total. The van der Waals surface area contributed by atoms with Gasteiger partial charge in [-0.15, -0.1) is 11.6 Å². The van der Waals surface area contributed by atoms with Crippen LogP contribution in [0.15, 0.2) is 18.2 Å². The zero-order valence-corrected chi connectivity index (χ0v) is 12.4. The van der Waals surface area contributed by atoms with E-state index < -0.39 is 10.0 Å². The minimum atomic E-state index is -3.23. The summed E-state index contributed by atoms with van der Waals surface area (Å²) >= 11 is 5.86. The lowest BCUT2D eigenvalue weighted by molar-refractivity contribution is 0.578. The first-order valence-electron chi connectivity index (χ1n) is 5.85. The predicted molar refractivity (Wildman–Crippen MR) is 76.9 cm³/mol. The number of hydrogen-bond acceptors (Lipinski definition) is 4. The lowest BCUT2D eigenvalue weighted by Crippen LogP contribution is -2.26. The molecule has 2 rings (SSSR count). The fourth-order valence-electron chi connectivity index (χ4n) is 1.98. The highest BCUT2D eigenvalue weighted by Crippen LogP contribution is 2.20. The molecule has 1 aromatic heterocycles. The van der Waals surface area contributed by atoms with Crippen molar-refractivity contribution in [2.75, 3.05) is 12.8 Å². The van der Waals surface area contributed by atoms with Crippen LogP contribution in [0, 0.1) is 11.3 Å². The summed E-state index contributed by atoms with van der Waals surface area (Å²) in [5, 5.41) is 9.07. The zero-order valence-electron chi connectivity index (χ0n) is 10.8. The molecule has 0 saturated carbocycles. The lowest BCUT2D eigenvalue weighted by atomic mass is 10.2. The van der Waals surface area contributed by atoms with Crippen LogP contribution in [0.5, 0.6) is 0 Å². The molecule has 0 saturated heterocycles. The molecule has 0 atom stereocenters. The topological polar surface area (TPSA) is 87.8 Å². The zero-order chi connectivity index (χ0) is 14.8. The molecule has 0 fully saturated rings. The number of fused-ring (bicyclic) bond motifs is 1. The monoisotopic (exact) mass is 312 g/mol. The summed E-state index contributed by atoms with van der Waals surface area (Å²) in [6.45, 7) is 0.644. The van der Waals surface area contributed by atoms with E-state index in [1.54, 1.807) is 12.1 Å². The number of nitrogens with zero attached hydrogens (tertiary/aromatic N) is 3. The lowest BCUT2D eigenvalue weighted by Gasteiger charge is -2.08. The molecule has 8 heteroatoms. The number of sulfonamides is 1. The van der Waals surface area contributed by atoms with Gasteiger partial charge in [0.25, 0.3) is 0 Å². The van der Waals surface area contributed by atoms with Gasteiger partial charge in [0, 0.05) is 13.1 Å². The molecule has 6 nitrogen and oxygen atoms in total. The van der Waals surface area contributed by atoms with Crippen LogP contribution in [0.25, 0.3) is 11.0 Å². The van der Waals surface area contributed by atoms with E-state index >= 15 is 0 Å². The van der Waals surface area contributed by atoms with E-state index in [1.165, 1.54) is 0 Å². The highest BCUT2D eigenvalue weighted by atomic mass is 35.5. The van der Waals surface area contributed by atoms with E-state index in [4.69, 9.17) is 16.9 Å². The fourth-order valence-corrected chi connectivity index (χ4v) is 2.65. The molecule has 0 aliphatic carbocycles. The summed E-state index contributed by atoms with van der Waals surface area (Å²) in [4.78, 5) is 4.35. The number of para-hydroxylation sites is 1. The van der Waals surface area contributed by atoms with Gasteiger partial charge in [-0.3, -0.25) is 0 Å². The summed E-state index contributed by atoms with van der Waals surface area (Å²) in [5.74, 6) is 0.804. The van der Waals surface area contributed by atoms with Gasteiger partial charge in [0.2, 0.25) is 10.0 Å². The smallest absolute Gasteiger partial charge is 0.208 e. The van der Waals surface area contributed by atoms with Crippen LogP contribution in [0.4, 0.5) is 0 Å². The molecule has 106 valence electrons. The number of imidazole rings is 1. The average molecular weight is 313 g/mol. The van der Waals surface area contributed by atoms with E-state index in [-0.39, 0.29) is 12.4 Å². The summed E-state index contributed by atoms with van der Waals surface area (Å²) in [6.07, 6.45) is 1.11. The third kappa shape index (κ3) is 3.10. The van der Waals surface area contributed by atoms with Gasteiger partial charge in [0.15, 0.2) is 0 Å². The molecule has 0 bridgehead atoms. The number of rotatable bonds is 5. The summed E-state index contributed by atoms with van der Waals surface area (Å²) in [6, 6.07) is 7.37. The molecule has 0 radical (unpaired) electrons. The first-order valence-corrected chi connectivity index (χ1v) is 8.27. The van der Waals surface area contributed by atoms with Crippen LogP contribution in [0.3, 0.4) is 0 Å². The molecule has 1 aromatic carbocycles. The number of aromatic nitrogens is 2. The van der Waals surface area contributed by atoms with Crippen molar-refractivity contribution in [1.82, 2.24) is 14.3 Å². The Bertz CT molecular complexity index is 777. The molecule has 0 aliphatic heterocycles. The summed E-state index contributed by atoms with van der Waals surface area (Å²) < 4.78 is 26.4. The van der Waals surface area contributed by atoms with Crippen molar-refractivity contribution in [3.05, 3.63) is 29.6 Å². The molecule has 0 unspecified atom stereocenters. The molecule has 0 amide bonds. The van der Waals surface area contributed by atoms with Crippen LogP contribution in [0.1, 0.15) is 11.4 Å². The van der Waals surface area contributed by atoms with Crippen molar-refractivity contribution in [3.8, 4) is 6.07 Å². The van der Waals surface area contributed by atoms with E-state index in [9.17, 15) is 8.42 Å². The standard InChI is InChI=1S/C12H13ClN4O2S/c1-20(18,19)15-5-6-17-10-4-2-3-9(8-14)12(10)16-11(17)7-13/h2-4,15H,5-7H2,1H3. The Morgan fingerprint density at radius 3 is 2.85 bits per heavy atom. The van der Waals surface area contributed by atoms with Crippen LogP contribution < -0.4 is 4.72 Å². The number of benzene rings is 1. The van der Waals surface area contributed by atoms with Gasteiger partial charge >= 0.3 is 0 Å². The fraction of sp³-hybridized carbons (Fsp3) is 0.333. The first-order chi connectivity index (χ1) is 9.46. The number of hydrogen-bond donors (Lipinski definition) is 1. The highest BCUT2D eigenvalue weighted by Gasteiger charge is 2.13. The second kappa shape index (κ2) is 5.79. The number of halogens is 1. The second-order valence-corrected chi connectivity index (χ2v) is 6.37. The van der Waals surface area contributed by atoms with Gasteiger partial charge in [-0.1, -0.05) is 6.07 Å². The minimum Gasteiger partial charge on any atom is -0.326 e.